The molecule has 0 fully saturated rings. The average molecular weight is 907 g/mol. The number of benzene rings is 4. The Kier molecular flexibility index (Phi) is 27.0. The summed E-state index contributed by atoms with van der Waals surface area (Å²) in [7, 11) is -8.93. The molecule has 0 heterocycles. The summed E-state index contributed by atoms with van der Waals surface area (Å²) >= 11 is 0. The van der Waals surface area contributed by atoms with Crippen molar-refractivity contribution in [2.75, 3.05) is 0 Å². The summed E-state index contributed by atoms with van der Waals surface area (Å²) in [6, 6.07) is 21.2. The van der Waals surface area contributed by atoms with E-state index in [0.29, 0.717) is 47.0 Å². The van der Waals surface area contributed by atoms with Gasteiger partial charge in [-0.05, 0) is 86.3 Å². The number of phenols is 1. The summed E-state index contributed by atoms with van der Waals surface area (Å²) in [5.41, 5.74) is 0.908. The zero-order valence-electron chi connectivity index (χ0n) is 36.3. The van der Waals surface area contributed by atoms with Gasteiger partial charge in [-0.2, -0.15) is 8.42 Å². The zero-order chi connectivity index (χ0) is 43.6. The van der Waals surface area contributed by atoms with E-state index in [4.69, 9.17) is 9.47 Å². The maximum Gasteiger partial charge on any atom is 2.00 e. The van der Waals surface area contributed by atoms with Crippen LogP contribution in [-0.4, -0.2) is 68.8 Å². The monoisotopic (exact) mass is 906 g/mol. The molecule has 0 saturated heterocycles. The number of aromatic hydroxyl groups is 1. The maximum atomic E-state index is 11.9. The fourth-order valence-electron chi connectivity index (χ4n) is 7.11. The molecule has 0 unspecified atom stereocenters. The van der Waals surface area contributed by atoms with E-state index in [1.54, 1.807) is 30.3 Å². The van der Waals surface area contributed by atoms with Crippen LogP contribution in [0.15, 0.2) is 94.7 Å². The summed E-state index contributed by atoms with van der Waals surface area (Å²) in [5.74, 6) is 1.67. The van der Waals surface area contributed by atoms with Crippen LogP contribution in [0.25, 0.3) is 0 Å². The summed E-state index contributed by atoms with van der Waals surface area (Å²) in [6.07, 6.45) is 24.6. The summed E-state index contributed by atoms with van der Waals surface area (Å²) in [4.78, 5) is -0.328. The molecule has 0 aromatic heterocycles. The molecule has 0 radical (unpaired) electrons. The molecule has 4 rings (SSSR count). The van der Waals surface area contributed by atoms with Gasteiger partial charge in [0.25, 0.3) is 10.1 Å². The molecule has 0 bridgehead atoms. The fourth-order valence-corrected chi connectivity index (χ4v) is 8.62. The number of ether oxygens (including phenoxy) is 2. The van der Waals surface area contributed by atoms with Gasteiger partial charge in [-0.15, -0.1) is 5.75 Å². The van der Waals surface area contributed by atoms with Crippen LogP contribution in [-0.2, 0) is 33.1 Å². The number of phenolic OH excluding ortho intramolecular Hbond substituents is 1. The third-order valence-electron chi connectivity index (χ3n) is 10.4. The Hall–Kier alpha value is -2.84. The van der Waals surface area contributed by atoms with Crippen molar-refractivity contribution in [3.05, 3.63) is 96.1 Å². The van der Waals surface area contributed by atoms with Crippen molar-refractivity contribution < 1.29 is 45.6 Å². The van der Waals surface area contributed by atoms with Gasteiger partial charge in [-0.1, -0.05) is 154 Å². The van der Waals surface area contributed by atoms with Crippen molar-refractivity contribution in [3.63, 3.8) is 0 Å². The van der Waals surface area contributed by atoms with Crippen molar-refractivity contribution in [2.45, 2.75) is 165 Å². The Morgan fingerprint density at radius 3 is 1.21 bits per heavy atom. The molecule has 13 heteroatoms. The van der Waals surface area contributed by atoms with Crippen LogP contribution in [0.1, 0.15) is 153 Å². The Labute approximate surface area is 396 Å². The quantitative estimate of drug-likeness (QED) is 0.0317. The Morgan fingerprint density at radius 2 is 0.836 bits per heavy atom. The van der Waals surface area contributed by atoms with Gasteiger partial charge in [0.15, 0.2) is 0 Å². The minimum atomic E-state index is -4.60. The van der Waals surface area contributed by atoms with E-state index in [9.17, 15) is 36.2 Å². The number of hydrogen-bond acceptors (Lipinski definition) is 9. The second-order valence-corrected chi connectivity index (χ2v) is 18.2. The minimum Gasteiger partial charge on any atom is -0.872 e. The van der Waals surface area contributed by atoms with Gasteiger partial charge in [0.1, 0.15) is 43.8 Å². The summed E-state index contributed by atoms with van der Waals surface area (Å²) in [5, 5.41) is 20.7. The first-order chi connectivity index (χ1) is 28.8. The topological polar surface area (TPSA) is 173 Å². The van der Waals surface area contributed by atoms with Crippen molar-refractivity contribution in [2.24, 2.45) is 0 Å². The molecule has 0 aliphatic carbocycles. The van der Waals surface area contributed by atoms with Crippen LogP contribution in [0, 0.1) is 0 Å². The van der Waals surface area contributed by atoms with Gasteiger partial charge in [-0.25, -0.2) is 8.42 Å². The van der Waals surface area contributed by atoms with Gasteiger partial charge in [0, 0.05) is 11.1 Å². The molecule has 10 nitrogen and oxygen atoms in total. The van der Waals surface area contributed by atoms with Gasteiger partial charge in [0.05, 0.1) is 4.90 Å². The Balaban J connectivity index is 0.000000413. The third kappa shape index (κ3) is 21.9. The number of unbranched alkanes of at least 4 members (excludes halogenated alkanes) is 18. The van der Waals surface area contributed by atoms with Crippen molar-refractivity contribution in [1.29, 1.82) is 0 Å². The Bertz CT molecular complexity index is 1870. The predicted molar refractivity (Wildman–Crippen MR) is 242 cm³/mol. The predicted octanol–water partition coefficient (Wildman–Crippen LogP) is 12.4. The minimum absolute atomic E-state index is 0. The molecule has 61 heavy (non-hydrogen) atoms. The molecule has 0 spiro atoms. The van der Waals surface area contributed by atoms with Crippen LogP contribution >= 0.6 is 0 Å². The number of hydrogen-bond donors (Lipinski definition) is 2. The van der Waals surface area contributed by atoms with E-state index in [1.807, 2.05) is 0 Å². The van der Waals surface area contributed by atoms with Gasteiger partial charge >= 0.3 is 37.7 Å². The molecule has 0 aliphatic rings. The van der Waals surface area contributed by atoms with E-state index < -0.39 is 20.2 Å². The average Bonchev–Trinajstić information content (AvgIpc) is 3.21. The van der Waals surface area contributed by atoms with Gasteiger partial charge in [-0.3, -0.25) is 4.55 Å². The largest absolute Gasteiger partial charge is 2.00 e. The van der Waals surface area contributed by atoms with Gasteiger partial charge < -0.3 is 24.2 Å². The van der Waals surface area contributed by atoms with E-state index >= 15 is 0 Å². The normalized spacial score (nSPS) is 11.3. The summed E-state index contributed by atoms with van der Waals surface area (Å²) < 4.78 is 80.2. The maximum absolute atomic E-state index is 11.9. The number of rotatable bonds is 28. The first-order valence-corrected chi connectivity index (χ1v) is 24.8. The molecule has 332 valence electrons. The molecule has 0 saturated carbocycles. The van der Waals surface area contributed by atoms with E-state index in [-0.39, 0.29) is 59.0 Å². The second-order valence-electron chi connectivity index (χ2n) is 15.4. The standard InChI is InChI=1S/2C24H34O5S.Ca/c2*1-2-3-4-5-6-7-8-9-10-11-13-22-23(14-12-15-24(22)30(26,27)28)29-21-18-16-20(25)17-19-21;/h2*12,14-19,25H,2-11,13H2,1H3,(H,26,27,28);/q;;+2/p-2. The SMILES string of the molecule is CCCCCCCCCCCCc1c(Oc2ccc(O)cc2)cccc1S(=O)(=O)O.CCCCCCCCCCCCc1c(Oc2ccc([O-])cc2)cccc1S(=O)(=O)[O-].[Ca+2]. The second kappa shape index (κ2) is 30.3. The molecule has 0 amide bonds. The van der Waals surface area contributed by atoms with Crippen LogP contribution in [0.5, 0.6) is 34.5 Å². The molecule has 0 atom stereocenters. The molecular formula is C48H66CaO10S2. The van der Waals surface area contributed by atoms with Crippen molar-refractivity contribution in [1.82, 2.24) is 0 Å². The molecule has 0 aliphatic heterocycles. The van der Waals surface area contributed by atoms with E-state index in [1.165, 1.54) is 144 Å². The zero-order valence-corrected chi connectivity index (χ0v) is 40.2. The van der Waals surface area contributed by atoms with Crippen LogP contribution < -0.4 is 14.6 Å². The summed E-state index contributed by atoms with van der Waals surface area (Å²) in [6.45, 7) is 4.44. The molecule has 4 aromatic carbocycles. The first kappa shape index (κ1) is 54.3. The molecule has 4 aromatic rings. The van der Waals surface area contributed by atoms with Crippen molar-refractivity contribution in [3.8, 4) is 34.5 Å². The molecular weight excluding hydrogens is 841 g/mol. The van der Waals surface area contributed by atoms with E-state index in [0.717, 1.165) is 38.5 Å². The van der Waals surface area contributed by atoms with Crippen molar-refractivity contribution >= 4 is 58.0 Å². The Morgan fingerprint density at radius 1 is 0.492 bits per heavy atom. The van der Waals surface area contributed by atoms with Gasteiger partial charge in [0.2, 0.25) is 0 Å². The van der Waals surface area contributed by atoms with E-state index in [2.05, 4.69) is 13.8 Å². The van der Waals surface area contributed by atoms with Crippen LogP contribution in [0.4, 0.5) is 0 Å². The fraction of sp³-hybridized carbons (Fsp3) is 0.500. The first-order valence-electron chi connectivity index (χ1n) is 21.9. The van der Waals surface area contributed by atoms with Crippen LogP contribution in [0.3, 0.4) is 0 Å². The molecule has 2 N–H and O–H groups in total. The van der Waals surface area contributed by atoms with Crippen LogP contribution in [0.2, 0.25) is 0 Å². The third-order valence-corrected chi connectivity index (χ3v) is 12.3. The smallest absolute Gasteiger partial charge is 0.872 e.